The van der Waals surface area contributed by atoms with E-state index in [1.54, 1.807) is 0 Å². The lowest BCUT2D eigenvalue weighted by Gasteiger charge is -2.18. The Balaban J connectivity index is 2.09. The number of para-hydroxylation sites is 1. The highest BCUT2D eigenvalue weighted by Crippen LogP contribution is 2.16. The van der Waals surface area contributed by atoms with E-state index >= 15 is 0 Å². The van der Waals surface area contributed by atoms with Gasteiger partial charge in [-0.15, -0.1) is 0 Å². The van der Waals surface area contributed by atoms with Crippen molar-refractivity contribution in [3.8, 4) is 5.75 Å². The number of hydrogen-bond acceptors (Lipinski definition) is 4. The van der Waals surface area contributed by atoms with Crippen LogP contribution in [0.25, 0.3) is 0 Å². The first kappa shape index (κ1) is 18.0. The molecule has 4 nitrogen and oxygen atoms in total. The number of hydrogen-bond donors (Lipinski definition) is 2. The lowest BCUT2D eigenvalue weighted by molar-refractivity contribution is 0.106. The smallest absolute Gasteiger partial charge is 0.122 e. The number of rotatable bonds is 11. The van der Waals surface area contributed by atoms with Crippen molar-refractivity contribution in [2.24, 2.45) is 0 Å². The molecule has 0 aromatic heterocycles. The summed E-state index contributed by atoms with van der Waals surface area (Å²) in [7, 11) is 0. The maximum absolute atomic E-state index is 9.90. The average molecular weight is 294 g/mol. The molecule has 1 atom stereocenters. The normalized spacial score (nSPS) is 12.6. The number of nitrogens with one attached hydrogen (secondary N) is 1. The van der Waals surface area contributed by atoms with E-state index in [1.165, 1.54) is 0 Å². The van der Waals surface area contributed by atoms with Crippen LogP contribution in [0.4, 0.5) is 0 Å². The fourth-order valence-electron chi connectivity index (χ4n) is 2.20. The second-order valence-electron chi connectivity index (χ2n) is 5.31. The predicted molar refractivity (Wildman–Crippen MR) is 88.0 cm³/mol. The van der Waals surface area contributed by atoms with Crippen LogP contribution in [0.5, 0.6) is 5.75 Å². The molecular formula is C17H30N2O2. The van der Waals surface area contributed by atoms with Crippen LogP contribution in [0.2, 0.25) is 0 Å². The molecule has 0 aliphatic rings. The second kappa shape index (κ2) is 10.6. The van der Waals surface area contributed by atoms with Crippen molar-refractivity contribution >= 4 is 0 Å². The molecule has 1 unspecified atom stereocenters. The van der Waals surface area contributed by atoms with E-state index < -0.39 is 6.10 Å². The standard InChI is InChI=1S/C17H30N2O2/c1-4-19(5-2)12-8-11-18-13-16(20)14-21-17-10-7-6-9-15(17)3/h6-7,9-10,16,18,20H,4-5,8,11-14H2,1-3H3. The molecule has 4 heteroatoms. The van der Waals surface area contributed by atoms with E-state index in [1.807, 2.05) is 31.2 Å². The quantitative estimate of drug-likeness (QED) is 0.613. The summed E-state index contributed by atoms with van der Waals surface area (Å²) >= 11 is 0. The van der Waals surface area contributed by atoms with Crippen molar-refractivity contribution in [3.63, 3.8) is 0 Å². The number of aliphatic hydroxyl groups is 1. The zero-order valence-electron chi connectivity index (χ0n) is 13.6. The molecule has 0 aliphatic heterocycles. The molecule has 1 aromatic rings. The zero-order chi connectivity index (χ0) is 15.5. The summed E-state index contributed by atoms with van der Waals surface area (Å²) in [6.07, 6.45) is 0.630. The summed E-state index contributed by atoms with van der Waals surface area (Å²) in [5.41, 5.74) is 1.09. The number of aliphatic hydroxyl groups excluding tert-OH is 1. The fraction of sp³-hybridized carbons (Fsp3) is 0.647. The molecule has 0 radical (unpaired) electrons. The number of aryl methyl sites for hydroxylation is 1. The molecule has 0 spiro atoms. The summed E-state index contributed by atoms with van der Waals surface area (Å²) in [5, 5.41) is 13.2. The maximum Gasteiger partial charge on any atom is 0.122 e. The highest BCUT2D eigenvalue weighted by molar-refractivity contribution is 5.31. The molecule has 1 rings (SSSR count). The Morgan fingerprint density at radius 1 is 1.24 bits per heavy atom. The van der Waals surface area contributed by atoms with Crippen molar-refractivity contribution < 1.29 is 9.84 Å². The minimum atomic E-state index is -0.474. The van der Waals surface area contributed by atoms with Crippen LogP contribution < -0.4 is 10.1 Å². The van der Waals surface area contributed by atoms with Crippen LogP contribution in [0.15, 0.2) is 24.3 Å². The third kappa shape index (κ3) is 7.46. The van der Waals surface area contributed by atoms with E-state index in [0.717, 1.165) is 43.9 Å². The Labute approximate surface area is 129 Å². The zero-order valence-corrected chi connectivity index (χ0v) is 13.6. The largest absolute Gasteiger partial charge is 0.491 e. The van der Waals surface area contributed by atoms with Crippen LogP contribution in [-0.2, 0) is 0 Å². The Bertz CT molecular complexity index is 381. The monoisotopic (exact) mass is 294 g/mol. The van der Waals surface area contributed by atoms with E-state index in [4.69, 9.17) is 4.74 Å². The summed E-state index contributed by atoms with van der Waals surface area (Å²) in [5.74, 6) is 0.845. The lowest BCUT2D eigenvalue weighted by Crippen LogP contribution is -2.33. The average Bonchev–Trinajstić information content (AvgIpc) is 2.50. The number of benzene rings is 1. The molecule has 0 saturated carbocycles. The molecule has 1 aromatic carbocycles. The molecule has 0 amide bonds. The van der Waals surface area contributed by atoms with Gasteiger partial charge in [-0.1, -0.05) is 32.0 Å². The summed E-state index contributed by atoms with van der Waals surface area (Å²) in [6.45, 7) is 11.5. The first-order valence-electron chi connectivity index (χ1n) is 7.96. The molecule has 0 aliphatic carbocycles. The summed E-state index contributed by atoms with van der Waals surface area (Å²) in [6, 6.07) is 7.86. The molecule has 0 saturated heterocycles. The van der Waals surface area contributed by atoms with Gasteiger partial charge in [0.2, 0.25) is 0 Å². The number of nitrogens with zero attached hydrogens (tertiary/aromatic N) is 1. The Kier molecular flexibility index (Phi) is 9.06. The van der Waals surface area contributed by atoms with Crippen molar-refractivity contribution in [1.82, 2.24) is 10.2 Å². The van der Waals surface area contributed by atoms with Crippen molar-refractivity contribution in [1.29, 1.82) is 0 Å². The summed E-state index contributed by atoms with van der Waals surface area (Å²) in [4.78, 5) is 2.40. The molecule has 0 fully saturated rings. The van der Waals surface area contributed by atoms with Gasteiger partial charge >= 0.3 is 0 Å². The predicted octanol–water partition coefficient (Wildman–Crippen LogP) is 2.06. The Hall–Kier alpha value is -1.10. The van der Waals surface area contributed by atoms with Crippen molar-refractivity contribution in [2.45, 2.75) is 33.3 Å². The highest BCUT2D eigenvalue weighted by atomic mass is 16.5. The van der Waals surface area contributed by atoms with Gasteiger partial charge in [-0.3, -0.25) is 0 Å². The minimum Gasteiger partial charge on any atom is -0.491 e. The Morgan fingerprint density at radius 3 is 2.62 bits per heavy atom. The lowest BCUT2D eigenvalue weighted by atomic mass is 10.2. The fourth-order valence-corrected chi connectivity index (χ4v) is 2.20. The van der Waals surface area contributed by atoms with Gasteiger partial charge in [0.1, 0.15) is 18.5 Å². The van der Waals surface area contributed by atoms with Gasteiger partial charge in [0.05, 0.1) is 0 Å². The second-order valence-corrected chi connectivity index (χ2v) is 5.31. The van der Waals surface area contributed by atoms with Gasteiger partial charge in [0, 0.05) is 6.54 Å². The van der Waals surface area contributed by atoms with Crippen LogP contribution in [0.3, 0.4) is 0 Å². The van der Waals surface area contributed by atoms with Gasteiger partial charge in [-0.05, 0) is 51.2 Å². The van der Waals surface area contributed by atoms with Crippen LogP contribution in [-0.4, -0.2) is 55.4 Å². The molecule has 21 heavy (non-hydrogen) atoms. The topological polar surface area (TPSA) is 44.7 Å². The summed E-state index contributed by atoms with van der Waals surface area (Å²) < 4.78 is 5.63. The third-order valence-corrected chi connectivity index (χ3v) is 3.63. The van der Waals surface area contributed by atoms with E-state index in [9.17, 15) is 5.11 Å². The van der Waals surface area contributed by atoms with Gasteiger partial charge in [0.15, 0.2) is 0 Å². The van der Waals surface area contributed by atoms with E-state index in [2.05, 4.69) is 24.1 Å². The minimum absolute atomic E-state index is 0.327. The number of ether oxygens (including phenoxy) is 1. The van der Waals surface area contributed by atoms with Crippen LogP contribution in [0.1, 0.15) is 25.8 Å². The van der Waals surface area contributed by atoms with Crippen molar-refractivity contribution in [3.05, 3.63) is 29.8 Å². The first-order valence-corrected chi connectivity index (χ1v) is 7.96. The van der Waals surface area contributed by atoms with E-state index in [-0.39, 0.29) is 0 Å². The third-order valence-electron chi connectivity index (χ3n) is 3.63. The van der Waals surface area contributed by atoms with Gasteiger partial charge in [-0.2, -0.15) is 0 Å². The van der Waals surface area contributed by atoms with Crippen LogP contribution >= 0.6 is 0 Å². The maximum atomic E-state index is 9.90. The van der Waals surface area contributed by atoms with Gasteiger partial charge in [-0.25, -0.2) is 0 Å². The first-order chi connectivity index (χ1) is 10.2. The Morgan fingerprint density at radius 2 is 1.95 bits per heavy atom. The van der Waals surface area contributed by atoms with Crippen molar-refractivity contribution in [2.75, 3.05) is 39.3 Å². The van der Waals surface area contributed by atoms with Gasteiger partial charge < -0.3 is 20.1 Å². The SMILES string of the molecule is CCN(CC)CCCNCC(O)COc1ccccc1C. The highest BCUT2D eigenvalue weighted by Gasteiger charge is 2.06. The molecule has 120 valence electrons. The van der Waals surface area contributed by atoms with Gasteiger partial charge in [0.25, 0.3) is 0 Å². The molecule has 2 N–H and O–H groups in total. The van der Waals surface area contributed by atoms with E-state index in [0.29, 0.717) is 13.2 Å². The molecular weight excluding hydrogens is 264 g/mol. The van der Waals surface area contributed by atoms with Crippen LogP contribution in [0, 0.1) is 6.92 Å². The molecule has 0 heterocycles. The molecule has 0 bridgehead atoms.